The molecule has 17 heavy (non-hydrogen) atoms. The maximum absolute atomic E-state index is 6.31. The minimum Gasteiger partial charge on any atom is -0.248 e. The molecule has 1 heterocycles. The van der Waals surface area contributed by atoms with Gasteiger partial charge in [0, 0.05) is 5.39 Å². The summed E-state index contributed by atoms with van der Waals surface area (Å²) in [6, 6.07) is 18.1. The SMILES string of the molecule is Clc1c2ccccc2nn1Cc1ccccc1. The van der Waals surface area contributed by atoms with Gasteiger partial charge in [0.1, 0.15) is 5.15 Å². The van der Waals surface area contributed by atoms with Gasteiger partial charge >= 0.3 is 0 Å². The van der Waals surface area contributed by atoms with E-state index in [1.54, 1.807) is 0 Å². The molecule has 0 radical (unpaired) electrons. The Balaban J connectivity index is 2.04. The summed E-state index contributed by atoms with van der Waals surface area (Å²) in [5, 5.41) is 6.20. The molecule has 0 fully saturated rings. The number of halogens is 1. The summed E-state index contributed by atoms with van der Waals surface area (Å²) < 4.78 is 1.83. The average molecular weight is 243 g/mol. The monoisotopic (exact) mass is 242 g/mol. The first-order valence-corrected chi connectivity index (χ1v) is 5.87. The molecule has 0 saturated heterocycles. The summed E-state index contributed by atoms with van der Waals surface area (Å²) in [6.07, 6.45) is 0. The van der Waals surface area contributed by atoms with Crippen LogP contribution in [0, 0.1) is 0 Å². The van der Waals surface area contributed by atoms with Crippen molar-refractivity contribution >= 4 is 22.5 Å². The van der Waals surface area contributed by atoms with Crippen LogP contribution in [0.2, 0.25) is 5.15 Å². The number of aromatic nitrogens is 2. The summed E-state index contributed by atoms with van der Waals surface area (Å²) >= 11 is 6.31. The largest absolute Gasteiger partial charge is 0.248 e. The zero-order valence-electron chi connectivity index (χ0n) is 9.18. The van der Waals surface area contributed by atoms with Crippen LogP contribution in [0.3, 0.4) is 0 Å². The van der Waals surface area contributed by atoms with E-state index in [-0.39, 0.29) is 0 Å². The van der Waals surface area contributed by atoms with Gasteiger partial charge in [0.25, 0.3) is 0 Å². The fourth-order valence-electron chi connectivity index (χ4n) is 1.91. The van der Waals surface area contributed by atoms with Crippen LogP contribution >= 0.6 is 11.6 Å². The van der Waals surface area contributed by atoms with Crippen molar-refractivity contribution in [3.8, 4) is 0 Å². The highest BCUT2D eigenvalue weighted by Gasteiger charge is 2.08. The lowest BCUT2D eigenvalue weighted by molar-refractivity contribution is 0.697. The topological polar surface area (TPSA) is 17.8 Å². The van der Waals surface area contributed by atoms with Crippen LogP contribution in [-0.4, -0.2) is 9.78 Å². The lowest BCUT2D eigenvalue weighted by Gasteiger charge is -2.02. The Labute approximate surface area is 104 Å². The highest BCUT2D eigenvalue weighted by molar-refractivity contribution is 6.34. The quantitative estimate of drug-likeness (QED) is 0.669. The van der Waals surface area contributed by atoms with Crippen LogP contribution in [0.1, 0.15) is 5.56 Å². The van der Waals surface area contributed by atoms with E-state index < -0.39 is 0 Å². The normalized spacial score (nSPS) is 10.9. The summed E-state index contributed by atoms with van der Waals surface area (Å²) in [7, 11) is 0. The molecule has 1 aromatic heterocycles. The Morgan fingerprint density at radius 3 is 2.41 bits per heavy atom. The van der Waals surface area contributed by atoms with E-state index in [0.717, 1.165) is 10.9 Å². The van der Waals surface area contributed by atoms with Crippen molar-refractivity contribution in [3.63, 3.8) is 0 Å². The van der Waals surface area contributed by atoms with Crippen LogP contribution in [0.4, 0.5) is 0 Å². The smallest absolute Gasteiger partial charge is 0.135 e. The van der Waals surface area contributed by atoms with Crippen LogP contribution in [0.25, 0.3) is 10.9 Å². The van der Waals surface area contributed by atoms with E-state index >= 15 is 0 Å². The van der Waals surface area contributed by atoms with Crippen molar-refractivity contribution in [3.05, 3.63) is 65.3 Å². The molecule has 0 aliphatic rings. The number of benzene rings is 2. The van der Waals surface area contributed by atoms with Gasteiger partial charge < -0.3 is 0 Å². The minimum absolute atomic E-state index is 0.699. The highest BCUT2D eigenvalue weighted by Crippen LogP contribution is 2.23. The van der Waals surface area contributed by atoms with Crippen LogP contribution in [-0.2, 0) is 6.54 Å². The van der Waals surface area contributed by atoms with Gasteiger partial charge in [-0.05, 0) is 17.7 Å². The highest BCUT2D eigenvalue weighted by atomic mass is 35.5. The molecule has 0 aliphatic heterocycles. The molecular weight excluding hydrogens is 232 g/mol. The summed E-state index contributed by atoms with van der Waals surface area (Å²) in [5.74, 6) is 0. The first-order valence-electron chi connectivity index (χ1n) is 5.49. The number of fused-ring (bicyclic) bond motifs is 1. The van der Waals surface area contributed by atoms with Gasteiger partial charge in [0.2, 0.25) is 0 Å². The molecule has 0 N–H and O–H groups in total. The average Bonchev–Trinajstić information content (AvgIpc) is 2.68. The molecule has 3 rings (SSSR count). The molecule has 0 bridgehead atoms. The molecule has 2 nitrogen and oxygen atoms in total. The Bertz CT molecular complexity index is 644. The van der Waals surface area contributed by atoms with Gasteiger partial charge in [-0.3, -0.25) is 0 Å². The number of hydrogen-bond acceptors (Lipinski definition) is 1. The Kier molecular flexibility index (Phi) is 2.57. The second-order valence-electron chi connectivity index (χ2n) is 3.95. The summed E-state index contributed by atoms with van der Waals surface area (Å²) in [4.78, 5) is 0. The van der Waals surface area contributed by atoms with Gasteiger partial charge in [-0.1, -0.05) is 54.1 Å². The molecule has 0 amide bonds. The van der Waals surface area contributed by atoms with Gasteiger partial charge in [0.05, 0.1) is 12.1 Å². The molecule has 3 heteroatoms. The van der Waals surface area contributed by atoms with Crippen LogP contribution in [0.15, 0.2) is 54.6 Å². The summed E-state index contributed by atoms with van der Waals surface area (Å²) in [5.41, 5.74) is 2.13. The van der Waals surface area contributed by atoms with Crippen molar-refractivity contribution in [2.24, 2.45) is 0 Å². The fraction of sp³-hybridized carbons (Fsp3) is 0.0714. The van der Waals surface area contributed by atoms with Crippen molar-refractivity contribution in [1.29, 1.82) is 0 Å². The van der Waals surface area contributed by atoms with Crippen molar-refractivity contribution in [2.75, 3.05) is 0 Å². The zero-order valence-corrected chi connectivity index (χ0v) is 9.93. The van der Waals surface area contributed by atoms with E-state index in [4.69, 9.17) is 11.6 Å². The molecule has 0 spiro atoms. The number of nitrogens with zero attached hydrogens (tertiary/aromatic N) is 2. The van der Waals surface area contributed by atoms with Crippen LogP contribution < -0.4 is 0 Å². The fourth-order valence-corrected chi connectivity index (χ4v) is 2.17. The van der Waals surface area contributed by atoms with E-state index in [1.165, 1.54) is 5.56 Å². The third-order valence-corrected chi connectivity index (χ3v) is 3.16. The lowest BCUT2D eigenvalue weighted by atomic mass is 10.2. The van der Waals surface area contributed by atoms with Crippen molar-refractivity contribution in [1.82, 2.24) is 9.78 Å². The van der Waals surface area contributed by atoms with Gasteiger partial charge in [0.15, 0.2) is 0 Å². The van der Waals surface area contributed by atoms with E-state index in [0.29, 0.717) is 11.7 Å². The van der Waals surface area contributed by atoms with Crippen molar-refractivity contribution in [2.45, 2.75) is 6.54 Å². The molecule has 0 atom stereocenters. The van der Waals surface area contributed by atoms with Gasteiger partial charge in [-0.2, -0.15) is 5.10 Å². The zero-order chi connectivity index (χ0) is 11.7. The summed E-state index contributed by atoms with van der Waals surface area (Å²) in [6.45, 7) is 0.703. The van der Waals surface area contributed by atoms with Crippen molar-refractivity contribution < 1.29 is 0 Å². The van der Waals surface area contributed by atoms with Gasteiger partial charge in [-0.25, -0.2) is 4.68 Å². The van der Waals surface area contributed by atoms with E-state index in [9.17, 15) is 0 Å². The standard InChI is InChI=1S/C14H11ClN2/c15-14-12-8-4-5-9-13(12)16-17(14)10-11-6-2-1-3-7-11/h1-9H,10H2. The molecule has 0 saturated carbocycles. The maximum Gasteiger partial charge on any atom is 0.135 e. The lowest BCUT2D eigenvalue weighted by Crippen LogP contribution is -2.01. The van der Waals surface area contributed by atoms with E-state index in [1.807, 2.05) is 47.1 Å². The predicted octanol–water partition coefficient (Wildman–Crippen LogP) is 3.74. The Hall–Kier alpha value is -1.80. The molecule has 0 unspecified atom stereocenters. The second-order valence-corrected chi connectivity index (χ2v) is 4.31. The van der Waals surface area contributed by atoms with Crippen LogP contribution in [0.5, 0.6) is 0 Å². The molecule has 84 valence electrons. The Morgan fingerprint density at radius 1 is 0.941 bits per heavy atom. The molecule has 3 aromatic rings. The molecular formula is C14H11ClN2. The third-order valence-electron chi connectivity index (χ3n) is 2.76. The minimum atomic E-state index is 0.699. The first kappa shape index (κ1) is 10.4. The first-order chi connectivity index (χ1) is 8.34. The second kappa shape index (κ2) is 4.22. The Morgan fingerprint density at radius 2 is 1.65 bits per heavy atom. The molecule has 0 aliphatic carbocycles. The van der Waals surface area contributed by atoms with Gasteiger partial charge in [-0.15, -0.1) is 0 Å². The number of hydrogen-bond donors (Lipinski definition) is 0. The maximum atomic E-state index is 6.31. The molecule has 2 aromatic carbocycles. The number of rotatable bonds is 2. The van der Waals surface area contributed by atoms with E-state index in [2.05, 4.69) is 17.2 Å². The predicted molar refractivity (Wildman–Crippen MR) is 70.3 cm³/mol. The third kappa shape index (κ3) is 1.92.